The molecule has 23 heavy (non-hydrogen) atoms. The number of benzene rings is 1. The summed E-state index contributed by atoms with van der Waals surface area (Å²) in [5.41, 5.74) is 6.20. The molecule has 3 N–H and O–H groups in total. The Bertz CT molecular complexity index is 622. The van der Waals surface area contributed by atoms with Gasteiger partial charge < -0.3 is 11.1 Å². The summed E-state index contributed by atoms with van der Waals surface area (Å²) in [4.78, 5) is 11.3. The number of rotatable bonds is 7. The van der Waals surface area contributed by atoms with Gasteiger partial charge in [0.1, 0.15) is 0 Å². The Morgan fingerprint density at radius 3 is 2.43 bits per heavy atom. The van der Waals surface area contributed by atoms with Gasteiger partial charge in [0.25, 0.3) is 0 Å². The van der Waals surface area contributed by atoms with Crippen LogP contribution < -0.4 is 11.1 Å². The van der Waals surface area contributed by atoms with E-state index in [4.69, 9.17) is 5.73 Å². The van der Waals surface area contributed by atoms with Crippen molar-refractivity contribution in [3.05, 3.63) is 29.8 Å². The van der Waals surface area contributed by atoms with E-state index in [2.05, 4.69) is 5.32 Å². The Morgan fingerprint density at radius 1 is 1.26 bits per heavy atom. The van der Waals surface area contributed by atoms with Gasteiger partial charge in [0.05, 0.1) is 4.90 Å². The molecule has 0 aliphatic carbocycles. The summed E-state index contributed by atoms with van der Waals surface area (Å²) in [6, 6.07) is 6.86. The van der Waals surface area contributed by atoms with E-state index in [0.717, 1.165) is 31.5 Å². The first-order valence-electron chi connectivity index (χ1n) is 7.99. The lowest BCUT2D eigenvalue weighted by Gasteiger charge is -2.33. The summed E-state index contributed by atoms with van der Waals surface area (Å²) in [6.07, 6.45) is 2.21. The second-order valence-electron chi connectivity index (χ2n) is 5.98. The number of piperidine rings is 1. The fourth-order valence-corrected chi connectivity index (χ4v) is 4.57. The number of hydrogen-bond donors (Lipinski definition) is 2. The van der Waals surface area contributed by atoms with Gasteiger partial charge in [0.15, 0.2) is 0 Å². The molecule has 1 fully saturated rings. The van der Waals surface area contributed by atoms with E-state index in [1.165, 1.54) is 0 Å². The van der Waals surface area contributed by atoms with Crippen molar-refractivity contribution < 1.29 is 13.2 Å². The minimum absolute atomic E-state index is 0.0320. The van der Waals surface area contributed by atoms with Crippen LogP contribution in [0, 0.1) is 6.92 Å². The maximum Gasteiger partial charge on any atom is 0.243 e. The molecule has 6 nitrogen and oxygen atoms in total. The van der Waals surface area contributed by atoms with E-state index >= 15 is 0 Å². The second kappa shape index (κ2) is 7.90. The Kier molecular flexibility index (Phi) is 6.15. The maximum absolute atomic E-state index is 13.0. The molecule has 1 amide bonds. The van der Waals surface area contributed by atoms with Crippen molar-refractivity contribution in [2.45, 2.75) is 43.5 Å². The van der Waals surface area contributed by atoms with Crippen LogP contribution in [-0.4, -0.2) is 44.3 Å². The zero-order valence-corrected chi connectivity index (χ0v) is 14.3. The van der Waals surface area contributed by atoms with Gasteiger partial charge in [-0.15, -0.1) is 0 Å². The molecule has 0 unspecified atom stereocenters. The zero-order valence-electron chi connectivity index (χ0n) is 13.5. The third kappa shape index (κ3) is 4.76. The highest BCUT2D eigenvalue weighted by Crippen LogP contribution is 2.23. The quantitative estimate of drug-likeness (QED) is 0.775. The van der Waals surface area contributed by atoms with Crippen molar-refractivity contribution in [1.82, 2.24) is 9.62 Å². The number of primary amides is 1. The molecule has 0 atom stereocenters. The molecule has 7 heteroatoms. The van der Waals surface area contributed by atoms with E-state index in [-0.39, 0.29) is 12.5 Å². The molecule has 2 rings (SSSR count). The van der Waals surface area contributed by atoms with Crippen molar-refractivity contribution in [1.29, 1.82) is 0 Å². The van der Waals surface area contributed by atoms with Gasteiger partial charge in [-0.2, -0.15) is 4.31 Å². The fourth-order valence-electron chi connectivity index (χ4n) is 2.85. The lowest BCUT2D eigenvalue weighted by atomic mass is 10.1. The monoisotopic (exact) mass is 339 g/mol. The summed E-state index contributed by atoms with van der Waals surface area (Å²) in [5, 5.41) is 3.25. The summed E-state index contributed by atoms with van der Waals surface area (Å²) in [7, 11) is -3.56. The number of carbonyl (C=O) groups is 1. The topological polar surface area (TPSA) is 92.5 Å². The van der Waals surface area contributed by atoms with Gasteiger partial charge in [-0.1, -0.05) is 17.7 Å². The predicted octanol–water partition coefficient (Wildman–Crippen LogP) is 1.00. The molecule has 0 bridgehead atoms. The SMILES string of the molecule is Cc1ccc(S(=O)(=O)N(CCCC(N)=O)C2CCNCC2)cc1. The molecule has 1 heterocycles. The molecule has 1 aliphatic heterocycles. The van der Waals surface area contributed by atoms with Crippen LogP contribution in [0.25, 0.3) is 0 Å². The largest absolute Gasteiger partial charge is 0.370 e. The third-order valence-corrected chi connectivity index (χ3v) is 6.11. The Balaban J connectivity index is 2.22. The molecule has 1 aromatic carbocycles. The highest BCUT2D eigenvalue weighted by Gasteiger charge is 2.31. The highest BCUT2D eigenvalue weighted by molar-refractivity contribution is 7.89. The molecule has 1 saturated heterocycles. The Hall–Kier alpha value is -1.44. The summed E-state index contributed by atoms with van der Waals surface area (Å²) in [6.45, 7) is 3.86. The summed E-state index contributed by atoms with van der Waals surface area (Å²) < 4.78 is 27.6. The van der Waals surface area contributed by atoms with Gasteiger partial charge in [0.2, 0.25) is 15.9 Å². The van der Waals surface area contributed by atoms with Gasteiger partial charge in [-0.25, -0.2) is 8.42 Å². The molecule has 1 aromatic rings. The van der Waals surface area contributed by atoms with Crippen LogP contribution in [0.2, 0.25) is 0 Å². The van der Waals surface area contributed by atoms with Crippen LogP contribution in [0.1, 0.15) is 31.2 Å². The highest BCUT2D eigenvalue weighted by atomic mass is 32.2. The summed E-state index contributed by atoms with van der Waals surface area (Å²) in [5.74, 6) is -0.400. The number of nitrogens with zero attached hydrogens (tertiary/aromatic N) is 1. The van der Waals surface area contributed by atoms with Crippen LogP contribution in [-0.2, 0) is 14.8 Å². The third-order valence-electron chi connectivity index (χ3n) is 4.15. The number of hydrogen-bond acceptors (Lipinski definition) is 4. The molecular formula is C16H25N3O3S. The van der Waals surface area contributed by atoms with Crippen LogP contribution in [0.4, 0.5) is 0 Å². The van der Waals surface area contributed by atoms with Crippen molar-refractivity contribution in [3.8, 4) is 0 Å². The van der Waals surface area contributed by atoms with Crippen molar-refractivity contribution in [2.75, 3.05) is 19.6 Å². The van der Waals surface area contributed by atoms with Crippen LogP contribution in [0.5, 0.6) is 0 Å². The first-order chi connectivity index (χ1) is 10.9. The van der Waals surface area contributed by atoms with Crippen LogP contribution in [0.3, 0.4) is 0 Å². The van der Waals surface area contributed by atoms with Gasteiger partial charge in [-0.05, 0) is 51.4 Å². The van der Waals surface area contributed by atoms with E-state index in [1.54, 1.807) is 28.6 Å². The zero-order chi connectivity index (χ0) is 16.9. The fraction of sp³-hybridized carbons (Fsp3) is 0.562. The second-order valence-corrected chi connectivity index (χ2v) is 7.87. The maximum atomic E-state index is 13.0. The number of amides is 1. The molecule has 0 aromatic heterocycles. The van der Waals surface area contributed by atoms with Crippen LogP contribution >= 0.6 is 0 Å². The average Bonchev–Trinajstić information content (AvgIpc) is 2.52. The van der Waals surface area contributed by atoms with Gasteiger partial charge >= 0.3 is 0 Å². The number of aryl methyl sites for hydroxylation is 1. The predicted molar refractivity (Wildman–Crippen MR) is 89.4 cm³/mol. The number of nitrogens with one attached hydrogen (secondary N) is 1. The first-order valence-corrected chi connectivity index (χ1v) is 9.43. The molecule has 128 valence electrons. The van der Waals surface area contributed by atoms with Gasteiger partial charge in [-0.3, -0.25) is 4.79 Å². The van der Waals surface area contributed by atoms with Crippen molar-refractivity contribution in [3.63, 3.8) is 0 Å². The minimum Gasteiger partial charge on any atom is -0.370 e. The van der Waals surface area contributed by atoms with E-state index in [1.807, 2.05) is 6.92 Å². The standard InChI is InChI=1S/C16H25N3O3S/c1-13-4-6-15(7-5-13)23(21,22)19(12-2-3-16(17)20)14-8-10-18-11-9-14/h4-7,14,18H,2-3,8-12H2,1H3,(H2,17,20). The first kappa shape index (κ1) is 17.9. The number of carbonyl (C=O) groups excluding carboxylic acids is 1. The molecular weight excluding hydrogens is 314 g/mol. The molecule has 0 radical (unpaired) electrons. The smallest absolute Gasteiger partial charge is 0.243 e. The number of sulfonamides is 1. The van der Waals surface area contributed by atoms with E-state index in [9.17, 15) is 13.2 Å². The normalized spacial score (nSPS) is 16.6. The van der Waals surface area contributed by atoms with E-state index < -0.39 is 15.9 Å². The van der Waals surface area contributed by atoms with Gasteiger partial charge in [0, 0.05) is 19.0 Å². The Morgan fingerprint density at radius 2 is 1.87 bits per heavy atom. The molecule has 0 spiro atoms. The lowest BCUT2D eigenvalue weighted by molar-refractivity contribution is -0.118. The number of nitrogens with two attached hydrogens (primary N) is 1. The average molecular weight is 339 g/mol. The molecule has 1 aliphatic rings. The van der Waals surface area contributed by atoms with Crippen LogP contribution in [0.15, 0.2) is 29.2 Å². The van der Waals surface area contributed by atoms with Crippen molar-refractivity contribution in [2.24, 2.45) is 5.73 Å². The lowest BCUT2D eigenvalue weighted by Crippen LogP contribution is -2.46. The van der Waals surface area contributed by atoms with E-state index in [0.29, 0.717) is 17.9 Å². The summed E-state index contributed by atoms with van der Waals surface area (Å²) >= 11 is 0. The minimum atomic E-state index is -3.56. The Labute approximate surface area is 138 Å². The van der Waals surface area contributed by atoms with Crippen molar-refractivity contribution >= 4 is 15.9 Å². The molecule has 0 saturated carbocycles.